The van der Waals surface area contributed by atoms with Crippen LogP contribution < -0.4 is 5.32 Å². The summed E-state index contributed by atoms with van der Waals surface area (Å²) < 4.78 is 0. The second-order valence-corrected chi connectivity index (χ2v) is 7.38. The zero-order valence-electron chi connectivity index (χ0n) is 12.7. The van der Waals surface area contributed by atoms with Gasteiger partial charge in [0.1, 0.15) is 0 Å². The van der Waals surface area contributed by atoms with E-state index in [1.165, 1.54) is 64.7 Å². The molecule has 2 rings (SSSR count). The molecule has 0 aromatic heterocycles. The SMILES string of the molecule is CN(CC1CCCC1)CC(C)(C)C1CCCNC1. The minimum Gasteiger partial charge on any atom is -0.316 e. The molecule has 1 saturated heterocycles. The lowest BCUT2D eigenvalue weighted by atomic mass is 9.74. The fourth-order valence-corrected chi connectivity index (χ4v) is 4.04. The van der Waals surface area contributed by atoms with Crippen molar-refractivity contribution >= 4 is 0 Å². The monoisotopic (exact) mass is 252 g/mol. The van der Waals surface area contributed by atoms with Crippen molar-refractivity contribution in [2.75, 3.05) is 33.2 Å². The van der Waals surface area contributed by atoms with Crippen LogP contribution in [0.4, 0.5) is 0 Å². The van der Waals surface area contributed by atoms with E-state index in [1.54, 1.807) is 0 Å². The van der Waals surface area contributed by atoms with Crippen LogP contribution >= 0.6 is 0 Å². The van der Waals surface area contributed by atoms with Crippen molar-refractivity contribution < 1.29 is 0 Å². The number of nitrogens with zero attached hydrogens (tertiary/aromatic N) is 1. The van der Waals surface area contributed by atoms with Crippen molar-refractivity contribution in [1.29, 1.82) is 0 Å². The van der Waals surface area contributed by atoms with E-state index >= 15 is 0 Å². The molecule has 0 bridgehead atoms. The summed E-state index contributed by atoms with van der Waals surface area (Å²) in [5.41, 5.74) is 0.459. The van der Waals surface area contributed by atoms with Crippen LogP contribution in [0.25, 0.3) is 0 Å². The van der Waals surface area contributed by atoms with E-state index in [2.05, 4.69) is 31.1 Å². The number of hydrogen-bond donors (Lipinski definition) is 1. The summed E-state index contributed by atoms with van der Waals surface area (Å²) in [5.74, 6) is 1.84. The second-order valence-electron chi connectivity index (χ2n) is 7.38. The standard InChI is InChI=1S/C16H32N2/c1-16(2,15-9-6-10-17-11-15)13-18(3)12-14-7-4-5-8-14/h14-15,17H,4-13H2,1-3H3. The highest BCUT2D eigenvalue weighted by molar-refractivity contribution is 4.85. The molecule has 1 saturated carbocycles. The van der Waals surface area contributed by atoms with Crippen molar-refractivity contribution in [2.24, 2.45) is 17.3 Å². The zero-order valence-corrected chi connectivity index (χ0v) is 12.7. The number of hydrogen-bond acceptors (Lipinski definition) is 2. The Balaban J connectivity index is 1.78. The molecule has 1 aliphatic heterocycles. The first-order valence-electron chi connectivity index (χ1n) is 7.97. The molecule has 1 heterocycles. The minimum atomic E-state index is 0.459. The van der Waals surface area contributed by atoms with Crippen LogP contribution in [0.15, 0.2) is 0 Å². The van der Waals surface area contributed by atoms with Gasteiger partial charge in [-0.1, -0.05) is 26.7 Å². The van der Waals surface area contributed by atoms with Gasteiger partial charge in [-0.2, -0.15) is 0 Å². The molecule has 106 valence electrons. The predicted octanol–water partition coefficient (Wildman–Crippen LogP) is 3.13. The topological polar surface area (TPSA) is 15.3 Å². The molecule has 0 aromatic carbocycles. The number of piperidine rings is 1. The molecule has 0 aromatic rings. The Kier molecular flexibility index (Phi) is 5.08. The molecule has 18 heavy (non-hydrogen) atoms. The highest BCUT2D eigenvalue weighted by atomic mass is 15.1. The Hall–Kier alpha value is -0.0800. The van der Waals surface area contributed by atoms with Crippen LogP contribution in [0.5, 0.6) is 0 Å². The molecule has 2 nitrogen and oxygen atoms in total. The van der Waals surface area contributed by atoms with Crippen molar-refractivity contribution in [3.63, 3.8) is 0 Å². The first kappa shape index (κ1) is 14.3. The second kappa shape index (κ2) is 6.38. The first-order valence-corrected chi connectivity index (χ1v) is 7.97. The van der Waals surface area contributed by atoms with Crippen molar-refractivity contribution in [3.05, 3.63) is 0 Å². The maximum atomic E-state index is 3.57. The Morgan fingerprint density at radius 3 is 2.44 bits per heavy atom. The van der Waals surface area contributed by atoms with Gasteiger partial charge in [0.25, 0.3) is 0 Å². The Morgan fingerprint density at radius 1 is 1.11 bits per heavy atom. The lowest BCUT2D eigenvalue weighted by Gasteiger charge is -2.40. The number of rotatable bonds is 5. The van der Waals surface area contributed by atoms with Crippen LogP contribution in [0, 0.1) is 17.3 Å². The third-order valence-electron chi connectivity index (χ3n) is 5.12. The van der Waals surface area contributed by atoms with E-state index < -0.39 is 0 Å². The maximum Gasteiger partial charge on any atom is 0.00329 e. The third kappa shape index (κ3) is 3.96. The van der Waals surface area contributed by atoms with Gasteiger partial charge in [0.05, 0.1) is 0 Å². The Morgan fingerprint density at radius 2 is 1.83 bits per heavy atom. The molecular weight excluding hydrogens is 220 g/mol. The number of nitrogens with one attached hydrogen (secondary N) is 1. The fourth-order valence-electron chi connectivity index (χ4n) is 4.04. The Labute approximate surface area is 114 Å². The smallest absolute Gasteiger partial charge is 0.00329 e. The molecular formula is C16H32N2. The summed E-state index contributed by atoms with van der Waals surface area (Å²) in [6, 6.07) is 0. The average Bonchev–Trinajstić information content (AvgIpc) is 2.82. The predicted molar refractivity (Wildman–Crippen MR) is 78.8 cm³/mol. The molecule has 2 aliphatic rings. The summed E-state index contributed by atoms with van der Waals surface area (Å²) in [5, 5.41) is 3.57. The van der Waals surface area contributed by atoms with E-state index in [1.807, 2.05) is 0 Å². The molecule has 1 aliphatic carbocycles. The van der Waals surface area contributed by atoms with Gasteiger partial charge in [-0.3, -0.25) is 0 Å². The van der Waals surface area contributed by atoms with Crippen LogP contribution in [0.1, 0.15) is 52.4 Å². The van der Waals surface area contributed by atoms with Gasteiger partial charge in [-0.25, -0.2) is 0 Å². The highest BCUT2D eigenvalue weighted by Gasteiger charge is 2.32. The summed E-state index contributed by atoms with van der Waals surface area (Å²) in [7, 11) is 2.33. The molecule has 2 heteroatoms. The van der Waals surface area contributed by atoms with Crippen molar-refractivity contribution in [2.45, 2.75) is 52.4 Å². The molecule has 1 atom stereocenters. The maximum absolute atomic E-state index is 3.57. The average molecular weight is 252 g/mol. The summed E-state index contributed by atoms with van der Waals surface area (Å²) in [6.07, 6.45) is 8.64. The lowest BCUT2D eigenvalue weighted by Crippen LogP contribution is -2.44. The zero-order chi connectivity index (χ0) is 13.0. The van der Waals surface area contributed by atoms with Crippen LogP contribution in [0.3, 0.4) is 0 Å². The summed E-state index contributed by atoms with van der Waals surface area (Å²) in [6.45, 7) is 9.97. The van der Waals surface area contributed by atoms with Gasteiger partial charge in [0.15, 0.2) is 0 Å². The highest BCUT2D eigenvalue weighted by Crippen LogP contribution is 2.33. The van der Waals surface area contributed by atoms with Crippen LogP contribution in [-0.2, 0) is 0 Å². The molecule has 0 radical (unpaired) electrons. The van der Waals surface area contributed by atoms with Gasteiger partial charge in [-0.05, 0) is 63.1 Å². The van der Waals surface area contributed by atoms with Gasteiger partial charge in [0, 0.05) is 13.1 Å². The van der Waals surface area contributed by atoms with Gasteiger partial charge < -0.3 is 10.2 Å². The third-order valence-corrected chi connectivity index (χ3v) is 5.12. The molecule has 1 unspecified atom stereocenters. The van der Waals surface area contributed by atoms with E-state index in [-0.39, 0.29) is 0 Å². The minimum absolute atomic E-state index is 0.459. The van der Waals surface area contributed by atoms with Crippen molar-refractivity contribution in [1.82, 2.24) is 10.2 Å². The van der Waals surface area contributed by atoms with E-state index in [0.29, 0.717) is 5.41 Å². The van der Waals surface area contributed by atoms with Crippen LogP contribution in [-0.4, -0.2) is 38.1 Å². The summed E-state index contributed by atoms with van der Waals surface area (Å²) >= 11 is 0. The lowest BCUT2D eigenvalue weighted by molar-refractivity contribution is 0.106. The van der Waals surface area contributed by atoms with Crippen molar-refractivity contribution in [3.8, 4) is 0 Å². The quantitative estimate of drug-likeness (QED) is 0.808. The fraction of sp³-hybridized carbons (Fsp3) is 1.00. The van der Waals surface area contributed by atoms with Crippen LogP contribution in [0.2, 0.25) is 0 Å². The normalized spacial score (nSPS) is 27.0. The van der Waals surface area contributed by atoms with E-state index in [0.717, 1.165) is 11.8 Å². The van der Waals surface area contributed by atoms with Gasteiger partial charge in [0.2, 0.25) is 0 Å². The molecule has 0 spiro atoms. The Bertz CT molecular complexity index is 237. The van der Waals surface area contributed by atoms with Gasteiger partial charge >= 0.3 is 0 Å². The largest absolute Gasteiger partial charge is 0.316 e. The van der Waals surface area contributed by atoms with Gasteiger partial charge in [-0.15, -0.1) is 0 Å². The van der Waals surface area contributed by atoms with E-state index in [4.69, 9.17) is 0 Å². The summed E-state index contributed by atoms with van der Waals surface area (Å²) in [4.78, 5) is 2.60. The molecule has 2 fully saturated rings. The molecule has 1 N–H and O–H groups in total. The molecule has 0 amide bonds. The van der Waals surface area contributed by atoms with E-state index in [9.17, 15) is 0 Å². The first-order chi connectivity index (χ1) is 8.58.